The highest BCUT2D eigenvalue weighted by Crippen LogP contribution is 2.40. The zero-order valence-electron chi connectivity index (χ0n) is 11.4. The van der Waals surface area contributed by atoms with Crippen LogP contribution < -0.4 is 0 Å². The third-order valence-corrected chi connectivity index (χ3v) is 4.32. The first kappa shape index (κ1) is 14.6. The summed E-state index contributed by atoms with van der Waals surface area (Å²) < 4.78 is 5.26. The summed E-state index contributed by atoms with van der Waals surface area (Å²) in [6, 6.07) is 6.83. The molecule has 0 aliphatic heterocycles. The normalized spacial score (nSPS) is 16.0. The van der Waals surface area contributed by atoms with E-state index in [2.05, 4.69) is 5.16 Å². The van der Waals surface area contributed by atoms with Crippen LogP contribution >= 0.6 is 11.6 Å². The van der Waals surface area contributed by atoms with Gasteiger partial charge in [-0.3, -0.25) is 9.59 Å². The standard InChI is InChI=1S/C15H12ClNO5/c16-9-3-1-8(2-4-9)12-10-7-15(13(18)19,14(20)21)6-5-11(10)22-17-12/h1-4H,5-7H2,(H,18,19)(H,20,21). The summed E-state index contributed by atoms with van der Waals surface area (Å²) in [6.07, 6.45) is 0.0723. The lowest BCUT2D eigenvalue weighted by Crippen LogP contribution is -2.43. The number of carboxylic acids is 2. The van der Waals surface area contributed by atoms with E-state index in [1.54, 1.807) is 24.3 Å². The summed E-state index contributed by atoms with van der Waals surface area (Å²) in [5.74, 6) is -2.13. The first-order valence-electron chi connectivity index (χ1n) is 6.64. The van der Waals surface area contributed by atoms with E-state index in [4.69, 9.17) is 16.1 Å². The molecule has 0 amide bonds. The molecule has 7 heteroatoms. The zero-order valence-corrected chi connectivity index (χ0v) is 12.1. The highest BCUT2D eigenvalue weighted by Gasteiger charge is 2.50. The van der Waals surface area contributed by atoms with Gasteiger partial charge in [0.2, 0.25) is 0 Å². The van der Waals surface area contributed by atoms with Crippen LogP contribution in [0.1, 0.15) is 17.7 Å². The number of fused-ring (bicyclic) bond motifs is 1. The minimum atomic E-state index is -1.83. The first-order chi connectivity index (χ1) is 10.4. The Balaban J connectivity index is 2.07. The Bertz CT molecular complexity index is 736. The number of rotatable bonds is 3. The van der Waals surface area contributed by atoms with E-state index in [-0.39, 0.29) is 19.3 Å². The van der Waals surface area contributed by atoms with Crippen molar-refractivity contribution in [3.05, 3.63) is 40.6 Å². The minimum Gasteiger partial charge on any atom is -0.480 e. The fourth-order valence-corrected chi connectivity index (χ4v) is 2.86. The lowest BCUT2D eigenvalue weighted by atomic mass is 9.72. The highest BCUT2D eigenvalue weighted by molar-refractivity contribution is 6.30. The molecule has 0 unspecified atom stereocenters. The van der Waals surface area contributed by atoms with Crippen LogP contribution in [0.3, 0.4) is 0 Å². The molecule has 0 saturated carbocycles. The van der Waals surface area contributed by atoms with E-state index >= 15 is 0 Å². The predicted octanol–water partition coefficient (Wildman–Crippen LogP) is 2.64. The smallest absolute Gasteiger partial charge is 0.321 e. The van der Waals surface area contributed by atoms with Gasteiger partial charge in [-0.1, -0.05) is 28.9 Å². The molecule has 6 nitrogen and oxygen atoms in total. The molecule has 1 heterocycles. The summed E-state index contributed by atoms with van der Waals surface area (Å²) in [6.45, 7) is 0. The van der Waals surface area contributed by atoms with Gasteiger partial charge < -0.3 is 14.7 Å². The molecule has 22 heavy (non-hydrogen) atoms. The quantitative estimate of drug-likeness (QED) is 0.843. The van der Waals surface area contributed by atoms with Gasteiger partial charge in [-0.25, -0.2) is 0 Å². The monoisotopic (exact) mass is 321 g/mol. The van der Waals surface area contributed by atoms with Gasteiger partial charge in [-0.2, -0.15) is 0 Å². The zero-order chi connectivity index (χ0) is 15.9. The van der Waals surface area contributed by atoms with Gasteiger partial charge in [0.15, 0.2) is 5.41 Å². The average molecular weight is 322 g/mol. The van der Waals surface area contributed by atoms with Crippen LogP contribution in [0.4, 0.5) is 0 Å². The Labute approximate surface area is 130 Å². The van der Waals surface area contributed by atoms with Crippen molar-refractivity contribution in [3.8, 4) is 11.3 Å². The number of carboxylic acid groups (broad SMARTS) is 2. The molecule has 0 atom stereocenters. The molecule has 114 valence electrons. The van der Waals surface area contributed by atoms with E-state index in [0.29, 0.717) is 27.6 Å². The first-order valence-corrected chi connectivity index (χ1v) is 7.02. The van der Waals surface area contributed by atoms with Crippen molar-refractivity contribution in [1.29, 1.82) is 0 Å². The number of hydrogen-bond donors (Lipinski definition) is 2. The Morgan fingerprint density at radius 1 is 1.18 bits per heavy atom. The van der Waals surface area contributed by atoms with Crippen molar-refractivity contribution in [2.75, 3.05) is 0 Å². The maximum atomic E-state index is 11.5. The van der Waals surface area contributed by atoms with Crippen LogP contribution in [0.2, 0.25) is 5.02 Å². The van der Waals surface area contributed by atoms with Crippen molar-refractivity contribution in [1.82, 2.24) is 5.16 Å². The molecular weight excluding hydrogens is 310 g/mol. The van der Waals surface area contributed by atoms with Gasteiger partial charge >= 0.3 is 11.9 Å². The second kappa shape index (κ2) is 5.14. The highest BCUT2D eigenvalue weighted by atomic mass is 35.5. The molecule has 1 aromatic heterocycles. The van der Waals surface area contributed by atoms with Crippen molar-refractivity contribution in [2.45, 2.75) is 19.3 Å². The van der Waals surface area contributed by atoms with E-state index in [9.17, 15) is 19.8 Å². The van der Waals surface area contributed by atoms with Gasteiger partial charge in [0.05, 0.1) is 0 Å². The Morgan fingerprint density at radius 2 is 1.82 bits per heavy atom. The molecular formula is C15H12ClNO5. The number of benzene rings is 1. The van der Waals surface area contributed by atoms with Gasteiger partial charge in [-0.05, 0) is 18.6 Å². The number of carbonyl (C=O) groups is 2. The third kappa shape index (κ3) is 2.16. The number of aromatic nitrogens is 1. The Morgan fingerprint density at radius 3 is 2.41 bits per heavy atom. The molecule has 0 spiro atoms. The van der Waals surface area contributed by atoms with E-state index < -0.39 is 17.4 Å². The molecule has 2 N–H and O–H groups in total. The van der Waals surface area contributed by atoms with Crippen molar-refractivity contribution in [2.24, 2.45) is 5.41 Å². The SMILES string of the molecule is O=C(O)C1(C(=O)O)CCc2onc(-c3ccc(Cl)cc3)c2C1. The van der Waals surface area contributed by atoms with Gasteiger partial charge in [-0.15, -0.1) is 0 Å². The molecule has 1 aliphatic carbocycles. The fraction of sp³-hybridized carbons (Fsp3) is 0.267. The largest absolute Gasteiger partial charge is 0.480 e. The molecule has 0 fully saturated rings. The van der Waals surface area contributed by atoms with E-state index in [1.807, 2.05) is 0 Å². The predicted molar refractivity (Wildman–Crippen MR) is 76.7 cm³/mol. The Hall–Kier alpha value is -2.34. The number of hydrogen-bond acceptors (Lipinski definition) is 4. The summed E-state index contributed by atoms with van der Waals surface area (Å²) in [5.41, 5.74) is -0.114. The molecule has 1 aliphatic rings. The van der Waals surface area contributed by atoms with E-state index in [1.165, 1.54) is 0 Å². The molecule has 3 rings (SSSR count). The molecule has 1 aromatic carbocycles. The summed E-state index contributed by atoms with van der Waals surface area (Å²) >= 11 is 5.85. The van der Waals surface area contributed by atoms with Crippen LogP contribution in [0.25, 0.3) is 11.3 Å². The maximum Gasteiger partial charge on any atom is 0.321 e. The van der Waals surface area contributed by atoms with Crippen LogP contribution in [0.5, 0.6) is 0 Å². The second-order valence-electron chi connectivity index (χ2n) is 5.31. The number of halogens is 1. The van der Waals surface area contributed by atoms with Crippen LogP contribution in [0, 0.1) is 5.41 Å². The molecule has 0 bridgehead atoms. The molecule has 2 aromatic rings. The van der Waals surface area contributed by atoms with Crippen molar-refractivity contribution in [3.63, 3.8) is 0 Å². The van der Waals surface area contributed by atoms with Crippen LogP contribution in [-0.4, -0.2) is 27.3 Å². The number of nitrogens with zero attached hydrogens (tertiary/aromatic N) is 1. The lowest BCUT2D eigenvalue weighted by molar-refractivity contribution is -0.165. The minimum absolute atomic E-state index is 0.0140. The van der Waals surface area contributed by atoms with Gasteiger partial charge in [0.25, 0.3) is 0 Å². The van der Waals surface area contributed by atoms with Crippen molar-refractivity contribution < 1.29 is 24.3 Å². The summed E-state index contributed by atoms with van der Waals surface area (Å²) in [7, 11) is 0. The second-order valence-corrected chi connectivity index (χ2v) is 5.75. The van der Waals surface area contributed by atoms with Crippen molar-refractivity contribution >= 4 is 23.5 Å². The Kier molecular flexibility index (Phi) is 3.41. The molecule has 0 radical (unpaired) electrons. The average Bonchev–Trinajstić information content (AvgIpc) is 2.90. The van der Waals surface area contributed by atoms with E-state index in [0.717, 1.165) is 0 Å². The van der Waals surface area contributed by atoms with Crippen LogP contribution in [0.15, 0.2) is 28.8 Å². The maximum absolute atomic E-state index is 11.5. The third-order valence-electron chi connectivity index (χ3n) is 4.06. The van der Waals surface area contributed by atoms with Gasteiger partial charge in [0, 0.05) is 29.0 Å². The summed E-state index contributed by atoms with van der Waals surface area (Å²) in [5, 5.41) is 23.3. The fourth-order valence-electron chi connectivity index (χ4n) is 2.73. The van der Waals surface area contributed by atoms with Crippen LogP contribution in [-0.2, 0) is 22.4 Å². The molecule has 0 saturated heterocycles. The van der Waals surface area contributed by atoms with Gasteiger partial charge in [0.1, 0.15) is 11.5 Å². The summed E-state index contributed by atoms with van der Waals surface area (Å²) in [4.78, 5) is 23.0. The number of aliphatic carboxylic acids is 2. The lowest BCUT2D eigenvalue weighted by Gasteiger charge is -2.28. The number of aryl methyl sites for hydroxylation is 1. The topological polar surface area (TPSA) is 101 Å².